The van der Waals surface area contributed by atoms with Gasteiger partial charge >= 0.3 is 0 Å². The van der Waals surface area contributed by atoms with E-state index in [9.17, 15) is 5.11 Å². The van der Waals surface area contributed by atoms with E-state index in [4.69, 9.17) is 4.42 Å². The number of aliphatic hydroxyl groups excluding tert-OH is 1. The van der Waals surface area contributed by atoms with E-state index in [0.29, 0.717) is 6.42 Å². The van der Waals surface area contributed by atoms with Crippen LogP contribution in [0.1, 0.15) is 28.6 Å². The second kappa shape index (κ2) is 4.54. The molecule has 0 spiro atoms. The molecule has 0 amide bonds. The quantitative estimate of drug-likeness (QED) is 0.854. The molecule has 1 aromatic carbocycles. The van der Waals surface area contributed by atoms with Crippen molar-refractivity contribution in [2.45, 2.75) is 26.4 Å². The molecule has 0 fully saturated rings. The lowest BCUT2D eigenvalue weighted by molar-refractivity contribution is 0.169. The third kappa shape index (κ3) is 2.17. The lowest BCUT2D eigenvalue weighted by Crippen LogP contribution is -2.05. The maximum Gasteiger partial charge on any atom is 0.106 e. The Morgan fingerprint density at radius 2 is 1.81 bits per heavy atom. The van der Waals surface area contributed by atoms with Crippen LogP contribution in [0.2, 0.25) is 0 Å². The minimum atomic E-state index is -0.493. The third-order valence-corrected chi connectivity index (χ3v) is 2.85. The molecule has 0 aliphatic carbocycles. The summed E-state index contributed by atoms with van der Waals surface area (Å²) < 4.78 is 5.25. The van der Waals surface area contributed by atoms with Gasteiger partial charge in [-0.25, -0.2) is 0 Å². The van der Waals surface area contributed by atoms with Crippen LogP contribution in [0.25, 0.3) is 0 Å². The molecule has 0 radical (unpaired) electrons. The van der Waals surface area contributed by atoms with Crippen molar-refractivity contribution >= 4 is 0 Å². The van der Waals surface area contributed by atoms with Crippen LogP contribution in [0.4, 0.5) is 0 Å². The Morgan fingerprint density at radius 3 is 2.38 bits per heavy atom. The summed E-state index contributed by atoms with van der Waals surface area (Å²) in [6.07, 6.45) is 1.66. The standard InChI is InChI=1S/C14H16O2/c1-10-5-3-6-11(2)14(10)13(15)9-12-7-4-8-16-12/h3-8,13,15H,9H2,1-2H3. The minimum Gasteiger partial charge on any atom is -0.469 e. The fourth-order valence-corrected chi connectivity index (χ4v) is 2.07. The Balaban J connectivity index is 2.24. The van der Waals surface area contributed by atoms with Crippen molar-refractivity contribution < 1.29 is 9.52 Å². The van der Waals surface area contributed by atoms with Crippen molar-refractivity contribution in [3.05, 3.63) is 59.0 Å². The highest BCUT2D eigenvalue weighted by molar-refractivity contribution is 5.35. The SMILES string of the molecule is Cc1cccc(C)c1C(O)Cc1ccco1. The molecule has 1 atom stereocenters. The average Bonchev–Trinajstić information content (AvgIpc) is 2.70. The molecular weight excluding hydrogens is 200 g/mol. The molecule has 2 heteroatoms. The predicted octanol–water partition coefficient (Wildman–Crippen LogP) is 3.17. The van der Waals surface area contributed by atoms with E-state index in [-0.39, 0.29) is 0 Å². The lowest BCUT2D eigenvalue weighted by atomic mass is 9.96. The first-order valence-electron chi connectivity index (χ1n) is 5.45. The maximum atomic E-state index is 10.2. The van der Waals surface area contributed by atoms with Gasteiger partial charge in [-0.05, 0) is 42.7 Å². The van der Waals surface area contributed by atoms with Crippen molar-refractivity contribution in [3.8, 4) is 0 Å². The van der Waals surface area contributed by atoms with E-state index in [0.717, 1.165) is 22.5 Å². The van der Waals surface area contributed by atoms with Gasteiger partial charge in [0.1, 0.15) is 5.76 Å². The summed E-state index contributed by atoms with van der Waals surface area (Å²) in [6.45, 7) is 4.04. The Hall–Kier alpha value is -1.54. The summed E-state index contributed by atoms with van der Waals surface area (Å²) in [4.78, 5) is 0. The van der Waals surface area contributed by atoms with Gasteiger partial charge < -0.3 is 9.52 Å². The molecule has 1 aromatic heterocycles. The predicted molar refractivity (Wildman–Crippen MR) is 63.3 cm³/mol. The van der Waals surface area contributed by atoms with E-state index in [1.54, 1.807) is 6.26 Å². The van der Waals surface area contributed by atoms with Gasteiger partial charge in [-0.15, -0.1) is 0 Å². The second-order valence-electron chi connectivity index (χ2n) is 4.10. The summed E-state index contributed by atoms with van der Waals surface area (Å²) in [5.74, 6) is 0.815. The summed E-state index contributed by atoms with van der Waals surface area (Å²) in [7, 11) is 0. The summed E-state index contributed by atoms with van der Waals surface area (Å²) in [5.41, 5.74) is 3.26. The first kappa shape index (κ1) is 11.0. The molecule has 2 nitrogen and oxygen atoms in total. The highest BCUT2D eigenvalue weighted by Crippen LogP contribution is 2.24. The van der Waals surface area contributed by atoms with Crippen LogP contribution in [-0.2, 0) is 6.42 Å². The van der Waals surface area contributed by atoms with E-state index in [1.807, 2.05) is 44.2 Å². The average molecular weight is 216 g/mol. The number of furan rings is 1. The molecule has 0 aliphatic rings. The molecule has 0 aliphatic heterocycles. The van der Waals surface area contributed by atoms with Gasteiger partial charge in [0, 0.05) is 6.42 Å². The molecule has 2 rings (SSSR count). The largest absolute Gasteiger partial charge is 0.469 e. The molecule has 2 aromatic rings. The van der Waals surface area contributed by atoms with Crippen molar-refractivity contribution in [3.63, 3.8) is 0 Å². The zero-order valence-corrected chi connectivity index (χ0v) is 9.60. The van der Waals surface area contributed by atoms with Crippen molar-refractivity contribution in [1.29, 1.82) is 0 Å². The van der Waals surface area contributed by atoms with Gasteiger partial charge in [0.25, 0.3) is 0 Å². The topological polar surface area (TPSA) is 33.4 Å². The zero-order valence-electron chi connectivity index (χ0n) is 9.60. The van der Waals surface area contributed by atoms with Crippen LogP contribution in [0, 0.1) is 13.8 Å². The molecule has 84 valence electrons. The van der Waals surface area contributed by atoms with Crippen LogP contribution in [0.15, 0.2) is 41.0 Å². The zero-order chi connectivity index (χ0) is 11.5. The Morgan fingerprint density at radius 1 is 1.12 bits per heavy atom. The molecular formula is C14H16O2. The van der Waals surface area contributed by atoms with Crippen LogP contribution in [0.3, 0.4) is 0 Å². The Labute approximate surface area is 95.5 Å². The number of aryl methyl sites for hydroxylation is 2. The summed E-state index contributed by atoms with van der Waals surface area (Å²) >= 11 is 0. The summed E-state index contributed by atoms with van der Waals surface area (Å²) in [5, 5.41) is 10.2. The van der Waals surface area contributed by atoms with Crippen molar-refractivity contribution in [2.75, 3.05) is 0 Å². The highest BCUT2D eigenvalue weighted by Gasteiger charge is 2.14. The van der Waals surface area contributed by atoms with Gasteiger partial charge in [0.15, 0.2) is 0 Å². The van der Waals surface area contributed by atoms with E-state index < -0.39 is 6.10 Å². The van der Waals surface area contributed by atoms with Crippen molar-refractivity contribution in [1.82, 2.24) is 0 Å². The van der Waals surface area contributed by atoms with Crippen LogP contribution in [-0.4, -0.2) is 5.11 Å². The maximum absolute atomic E-state index is 10.2. The number of hydrogen-bond donors (Lipinski definition) is 1. The van der Waals surface area contributed by atoms with E-state index >= 15 is 0 Å². The molecule has 0 saturated carbocycles. The van der Waals surface area contributed by atoms with Gasteiger partial charge in [-0.3, -0.25) is 0 Å². The highest BCUT2D eigenvalue weighted by atomic mass is 16.3. The second-order valence-corrected chi connectivity index (χ2v) is 4.10. The Kier molecular flexibility index (Phi) is 3.11. The smallest absolute Gasteiger partial charge is 0.106 e. The van der Waals surface area contributed by atoms with E-state index in [2.05, 4.69) is 0 Å². The van der Waals surface area contributed by atoms with Gasteiger partial charge in [-0.1, -0.05) is 18.2 Å². The van der Waals surface area contributed by atoms with Gasteiger partial charge in [0.2, 0.25) is 0 Å². The number of benzene rings is 1. The first-order chi connectivity index (χ1) is 7.68. The number of hydrogen-bond acceptors (Lipinski definition) is 2. The fourth-order valence-electron chi connectivity index (χ4n) is 2.07. The third-order valence-electron chi connectivity index (χ3n) is 2.85. The number of rotatable bonds is 3. The van der Waals surface area contributed by atoms with Gasteiger partial charge in [0.05, 0.1) is 12.4 Å². The summed E-state index contributed by atoms with van der Waals surface area (Å²) in [6, 6.07) is 9.78. The lowest BCUT2D eigenvalue weighted by Gasteiger charge is -2.15. The van der Waals surface area contributed by atoms with Crippen LogP contribution < -0.4 is 0 Å². The van der Waals surface area contributed by atoms with Gasteiger partial charge in [-0.2, -0.15) is 0 Å². The molecule has 1 unspecified atom stereocenters. The normalized spacial score (nSPS) is 12.7. The van der Waals surface area contributed by atoms with Crippen LogP contribution >= 0.6 is 0 Å². The molecule has 0 bridgehead atoms. The molecule has 0 saturated heterocycles. The van der Waals surface area contributed by atoms with Crippen molar-refractivity contribution in [2.24, 2.45) is 0 Å². The van der Waals surface area contributed by atoms with E-state index in [1.165, 1.54) is 0 Å². The fraction of sp³-hybridized carbons (Fsp3) is 0.286. The molecule has 1 N–H and O–H groups in total. The van der Waals surface area contributed by atoms with Crippen LogP contribution in [0.5, 0.6) is 0 Å². The molecule has 16 heavy (non-hydrogen) atoms. The molecule has 1 heterocycles. The number of aliphatic hydroxyl groups is 1. The Bertz CT molecular complexity index is 437. The minimum absolute atomic E-state index is 0.493. The monoisotopic (exact) mass is 216 g/mol. The first-order valence-corrected chi connectivity index (χ1v) is 5.45.